The van der Waals surface area contributed by atoms with Gasteiger partial charge in [0.1, 0.15) is 5.38 Å². The van der Waals surface area contributed by atoms with Crippen LogP contribution in [0.4, 0.5) is 0 Å². The summed E-state index contributed by atoms with van der Waals surface area (Å²) in [5.41, 5.74) is 0. The standard InChI is InChI=1S/C11H21ClO2/c1-3-5-7-9-14-11(13)10(12)8-6-4-2/h10H,3-9H2,1-2H3. The van der Waals surface area contributed by atoms with E-state index in [1.54, 1.807) is 0 Å². The van der Waals surface area contributed by atoms with E-state index in [1.165, 1.54) is 0 Å². The van der Waals surface area contributed by atoms with Crippen molar-refractivity contribution in [2.24, 2.45) is 0 Å². The normalized spacial score (nSPS) is 12.5. The maximum Gasteiger partial charge on any atom is 0.324 e. The first-order valence-corrected chi connectivity index (χ1v) is 5.96. The van der Waals surface area contributed by atoms with Crippen LogP contribution in [0, 0.1) is 0 Å². The van der Waals surface area contributed by atoms with Gasteiger partial charge in [-0.25, -0.2) is 0 Å². The van der Waals surface area contributed by atoms with E-state index >= 15 is 0 Å². The number of hydrogen-bond acceptors (Lipinski definition) is 2. The first-order chi connectivity index (χ1) is 6.72. The lowest BCUT2D eigenvalue weighted by atomic mass is 10.2. The Bertz CT molecular complexity index is 148. The Hall–Kier alpha value is -0.240. The minimum absolute atomic E-state index is 0.254. The van der Waals surface area contributed by atoms with Crippen LogP contribution in [0.1, 0.15) is 52.4 Å². The summed E-state index contributed by atoms with van der Waals surface area (Å²) in [4.78, 5) is 11.3. The van der Waals surface area contributed by atoms with Crippen LogP contribution in [0.2, 0.25) is 0 Å². The molecule has 0 N–H and O–H groups in total. The Labute approximate surface area is 92.0 Å². The zero-order chi connectivity index (χ0) is 10.8. The van der Waals surface area contributed by atoms with Gasteiger partial charge >= 0.3 is 5.97 Å². The third kappa shape index (κ3) is 7.19. The molecule has 0 amide bonds. The first kappa shape index (κ1) is 13.8. The van der Waals surface area contributed by atoms with Crippen LogP contribution in [0.5, 0.6) is 0 Å². The van der Waals surface area contributed by atoms with E-state index in [1.807, 2.05) is 0 Å². The molecule has 0 aliphatic rings. The second kappa shape index (κ2) is 9.32. The monoisotopic (exact) mass is 220 g/mol. The van der Waals surface area contributed by atoms with Crippen LogP contribution in [-0.2, 0) is 9.53 Å². The highest BCUT2D eigenvalue weighted by Gasteiger charge is 2.15. The minimum atomic E-state index is -0.448. The van der Waals surface area contributed by atoms with Crippen LogP contribution in [0.25, 0.3) is 0 Å². The van der Waals surface area contributed by atoms with Crippen molar-refractivity contribution in [1.29, 1.82) is 0 Å². The molecule has 0 aliphatic carbocycles. The minimum Gasteiger partial charge on any atom is -0.465 e. The molecule has 0 aromatic heterocycles. The van der Waals surface area contributed by atoms with E-state index in [4.69, 9.17) is 16.3 Å². The smallest absolute Gasteiger partial charge is 0.324 e. The van der Waals surface area contributed by atoms with E-state index in [0.717, 1.165) is 38.5 Å². The van der Waals surface area contributed by atoms with Gasteiger partial charge in [0.2, 0.25) is 0 Å². The molecule has 2 nitrogen and oxygen atoms in total. The highest BCUT2D eigenvalue weighted by atomic mass is 35.5. The molecule has 0 saturated carbocycles. The average Bonchev–Trinajstić information content (AvgIpc) is 2.20. The summed E-state index contributed by atoms with van der Waals surface area (Å²) in [6.07, 6.45) is 5.96. The van der Waals surface area contributed by atoms with E-state index in [2.05, 4.69) is 13.8 Å². The Morgan fingerprint density at radius 3 is 2.43 bits per heavy atom. The molecule has 0 saturated heterocycles. The van der Waals surface area contributed by atoms with Gasteiger partial charge < -0.3 is 4.74 Å². The van der Waals surface area contributed by atoms with Crippen molar-refractivity contribution < 1.29 is 9.53 Å². The summed E-state index contributed by atoms with van der Waals surface area (Å²) in [5.74, 6) is -0.254. The van der Waals surface area contributed by atoms with E-state index in [9.17, 15) is 4.79 Å². The number of alkyl halides is 1. The van der Waals surface area contributed by atoms with Gasteiger partial charge in [-0.1, -0.05) is 39.5 Å². The lowest BCUT2D eigenvalue weighted by Gasteiger charge is -2.08. The maximum atomic E-state index is 11.3. The fourth-order valence-corrected chi connectivity index (χ4v) is 1.33. The predicted molar refractivity (Wildman–Crippen MR) is 59.7 cm³/mol. The van der Waals surface area contributed by atoms with Gasteiger partial charge in [-0.3, -0.25) is 4.79 Å². The van der Waals surface area contributed by atoms with E-state index < -0.39 is 5.38 Å². The highest BCUT2D eigenvalue weighted by Crippen LogP contribution is 2.09. The van der Waals surface area contributed by atoms with E-state index in [-0.39, 0.29) is 5.97 Å². The summed E-state index contributed by atoms with van der Waals surface area (Å²) in [6, 6.07) is 0. The molecule has 0 spiro atoms. The van der Waals surface area contributed by atoms with Crippen LogP contribution in [0.15, 0.2) is 0 Å². The molecule has 0 heterocycles. The zero-order valence-corrected chi connectivity index (χ0v) is 9.98. The molecule has 0 rings (SSSR count). The Kier molecular flexibility index (Phi) is 9.16. The lowest BCUT2D eigenvalue weighted by molar-refractivity contribution is -0.143. The van der Waals surface area contributed by atoms with Gasteiger partial charge in [-0.15, -0.1) is 11.6 Å². The molecule has 1 atom stereocenters. The van der Waals surface area contributed by atoms with Gasteiger partial charge in [-0.05, 0) is 12.8 Å². The number of unbranched alkanes of at least 4 members (excludes halogenated alkanes) is 3. The molecule has 0 aromatic rings. The summed E-state index contributed by atoms with van der Waals surface area (Å²) >= 11 is 5.85. The quantitative estimate of drug-likeness (QED) is 0.356. The number of rotatable bonds is 8. The molecular weight excluding hydrogens is 200 g/mol. The van der Waals surface area contributed by atoms with Crippen LogP contribution in [-0.4, -0.2) is 18.0 Å². The molecule has 0 aromatic carbocycles. The van der Waals surface area contributed by atoms with Gasteiger partial charge in [0.25, 0.3) is 0 Å². The van der Waals surface area contributed by atoms with Gasteiger partial charge in [-0.2, -0.15) is 0 Å². The Balaban J connectivity index is 3.42. The Morgan fingerprint density at radius 1 is 1.21 bits per heavy atom. The highest BCUT2D eigenvalue weighted by molar-refractivity contribution is 6.29. The predicted octanol–water partition coefficient (Wildman–Crippen LogP) is 3.52. The molecule has 0 bridgehead atoms. The van der Waals surface area contributed by atoms with Crippen molar-refractivity contribution in [2.75, 3.05) is 6.61 Å². The topological polar surface area (TPSA) is 26.3 Å². The maximum absolute atomic E-state index is 11.3. The number of halogens is 1. The first-order valence-electron chi connectivity index (χ1n) is 5.53. The fraction of sp³-hybridized carbons (Fsp3) is 0.909. The van der Waals surface area contributed by atoms with Crippen molar-refractivity contribution in [3.63, 3.8) is 0 Å². The lowest BCUT2D eigenvalue weighted by Crippen LogP contribution is -2.18. The molecule has 84 valence electrons. The van der Waals surface area contributed by atoms with Gasteiger partial charge in [0.15, 0.2) is 0 Å². The molecular formula is C11H21ClO2. The molecule has 0 fully saturated rings. The van der Waals surface area contributed by atoms with Crippen LogP contribution >= 0.6 is 11.6 Å². The molecule has 3 heteroatoms. The number of carbonyl (C=O) groups excluding carboxylic acids is 1. The number of ether oxygens (including phenoxy) is 1. The largest absolute Gasteiger partial charge is 0.465 e. The van der Waals surface area contributed by atoms with E-state index in [0.29, 0.717) is 6.61 Å². The van der Waals surface area contributed by atoms with Crippen LogP contribution < -0.4 is 0 Å². The third-order valence-corrected chi connectivity index (χ3v) is 2.46. The number of carbonyl (C=O) groups is 1. The Morgan fingerprint density at radius 2 is 1.86 bits per heavy atom. The summed E-state index contributed by atoms with van der Waals surface area (Å²) in [7, 11) is 0. The van der Waals surface area contributed by atoms with Crippen molar-refractivity contribution in [1.82, 2.24) is 0 Å². The summed E-state index contributed by atoms with van der Waals surface area (Å²) in [6.45, 7) is 4.71. The fourth-order valence-electron chi connectivity index (χ4n) is 1.12. The van der Waals surface area contributed by atoms with Crippen molar-refractivity contribution in [2.45, 2.75) is 57.7 Å². The molecule has 1 unspecified atom stereocenters. The summed E-state index contributed by atoms with van der Waals surface area (Å²) < 4.78 is 5.03. The zero-order valence-electron chi connectivity index (χ0n) is 9.22. The van der Waals surface area contributed by atoms with Crippen molar-refractivity contribution >= 4 is 17.6 Å². The second-order valence-corrected chi connectivity index (χ2v) is 4.01. The third-order valence-electron chi connectivity index (χ3n) is 2.06. The average molecular weight is 221 g/mol. The summed E-state index contributed by atoms with van der Waals surface area (Å²) in [5, 5.41) is -0.448. The van der Waals surface area contributed by atoms with Crippen molar-refractivity contribution in [3.05, 3.63) is 0 Å². The SMILES string of the molecule is CCCCCOC(=O)C(Cl)CCCC. The molecule has 0 radical (unpaired) electrons. The van der Waals surface area contributed by atoms with Crippen molar-refractivity contribution in [3.8, 4) is 0 Å². The second-order valence-electron chi connectivity index (χ2n) is 3.48. The molecule has 14 heavy (non-hydrogen) atoms. The van der Waals surface area contributed by atoms with Gasteiger partial charge in [0.05, 0.1) is 6.61 Å². The molecule has 0 aliphatic heterocycles. The van der Waals surface area contributed by atoms with Crippen LogP contribution in [0.3, 0.4) is 0 Å². The number of esters is 1. The number of hydrogen-bond donors (Lipinski definition) is 0. The van der Waals surface area contributed by atoms with Gasteiger partial charge in [0, 0.05) is 0 Å².